The highest BCUT2D eigenvalue weighted by atomic mass is 16.6. The van der Waals surface area contributed by atoms with Crippen LogP contribution >= 0.6 is 0 Å². The van der Waals surface area contributed by atoms with Crippen molar-refractivity contribution in [3.63, 3.8) is 0 Å². The van der Waals surface area contributed by atoms with Crippen LogP contribution in [0.5, 0.6) is 0 Å². The maximum atomic E-state index is 11.6. The highest BCUT2D eigenvalue weighted by Crippen LogP contribution is 2.23. The fourth-order valence-corrected chi connectivity index (χ4v) is 1.66. The fraction of sp³-hybridized carbons (Fsp3) is 0.385. The Kier molecular flexibility index (Phi) is 3.13. The van der Waals surface area contributed by atoms with E-state index < -0.39 is 5.97 Å². The number of hydrogen-bond donors (Lipinski definition) is 0. The third-order valence-electron chi connectivity index (χ3n) is 2.63. The van der Waals surface area contributed by atoms with Crippen molar-refractivity contribution >= 4 is 16.9 Å². The summed E-state index contributed by atoms with van der Waals surface area (Å²) < 4.78 is 9.94. The molecule has 0 amide bonds. The molecule has 90 valence electrons. The second kappa shape index (κ2) is 4.57. The standard InChI is InChI=1S/C13H15NO3/c1-4-16-13(15)12-10-6-5-9(8(2)3)7-11(10)14-17-12/h5-8H,4H2,1-3H3. The third kappa shape index (κ3) is 2.16. The van der Waals surface area contributed by atoms with Crippen LogP contribution in [0.15, 0.2) is 22.7 Å². The predicted molar refractivity (Wildman–Crippen MR) is 64.1 cm³/mol. The normalized spacial score (nSPS) is 11.1. The second-order valence-electron chi connectivity index (χ2n) is 4.16. The summed E-state index contributed by atoms with van der Waals surface area (Å²) in [4.78, 5) is 11.6. The number of carbonyl (C=O) groups is 1. The molecule has 0 atom stereocenters. The van der Waals surface area contributed by atoms with Crippen LogP contribution in [-0.2, 0) is 4.74 Å². The molecular weight excluding hydrogens is 218 g/mol. The number of fused-ring (bicyclic) bond motifs is 1. The highest BCUT2D eigenvalue weighted by molar-refractivity contribution is 6.00. The van der Waals surface area contributed by atoms with Gasteiger partial charge in [-0.05, 0) is 30.5 Å². The summed E-state index contributed by atoms with van der Waals surface area (Å²) in [6.45, 7) is 6.29. The Morgan fingerprint density at radius 3 is 2.88 bits per heavy atom. The van der Waals surface area contributed by atoms with Gasteiger partial charge in [0.05, 0.1) is 12.0 Å². The van der Waals surface area contributed by atoms with E-state index in [0.29, 0.717) is 23.4 Å². The van der Waals surface area contributed by atoms with Gasteiger partial charge in [0.2, 0.25) is 0 Å². The van der Waals surface area contributed by atoms with Gasteiger partial charge in [-0.15, -0.1) is 0 Å². The average Bonchev–Trinajstić information content (AvgIpc) is 2.71. The van der Waals surface area contributed by atoms with Crippen LogP contribution in [0.3, 0.4) is 0 Å². The number of benzene rings is 1. The van der Waals surface area contributed by atoms with E-state index in [4.69, 9.17) is 9.26 Å². The molecule has 0 aliphatic carbocycles. The summed E-state index contributed by atoms with van der Waals surface area (Å²) in [5, 5.41) is 4.59. The Labute approximate surface area is 99.5 Å². The van der Waals surface area contributed by atoms with Gasteiger partial charge >= 0.3 is 5.97 Å². The minimum Gasteiger partial charge on any atom is -0.460 e. The summed E-state index contributed by atoms with van der Waals surface area (Å²) in [6.07, 6.45) is 0. The first-order chi connectivity index (χ1) is 8.13. The van der Waals surface area contributed by atoms with E-state index in [2.05, 4.69) is 19.0 Å². The zero-order chi connectivity index (χ0) is 12.4. The number of aromatic nitrogens is 1. The van der Waals surface area contributed by atoms with Gasteiger partial charge in [0.1, 0.15) is 5.52 Å². The Bertz CT molecular complexity index is 543. The number of nitrogens with zero attached hydrogens (tertiary/aromatic N) is 1. The molecular formula is C13H15NO3. The van der Waals surface area contributed by atoms with Crippen molar-refractivity contribution in [2.24, 2.45) is 0 Å². The Balaban J connectivity index is 2.45. The van der Waals surface area contributed by atoms with Crippen LogP contribution in [0, 0.1) is 0 Å². The molecule has 1 heterocycles. The van der Waals surface area contributed by atoms with Gasteiger partial charge in [-0.25, -0.2) is 4.79 Å². The highest BCUT2D eigenvalue weighted by Gasteiger charge is 2.18. The third-order valence-corrected chi connectivity index (χ3v) is 2.63. The molecule has 2 rings (SSSR count). The van der Waals surface area contributed by atoms with E-state index in [1.165, 1.54) is 5.56 Å². The fourth-order valence-electron chi connectivity index (χ4n) is 1.66. The molecule has 0 fully saturated rings. The maximum Gasteiger partial charge on any atom is 0.377 e. The Hall–Kier alpha value is -1.84. The van der Waals surface area contributed by atoms with Gasteiger partial charge in [-0.2, -0.15) is 0 Å². The molecule has 0 radical (unpaired) electrons. The van der Waals surface area contributed by atoms with Gasteiger partial charge in [0.25, 0.3) is 5.76 Å². The van der Waals surface area contributed by atoms with E-state index >= 15 is 0 Å². The van der Waals surface area contributed by atoms with Gasteiger partial charge in [-0.1, -0.05) is 25.1 Å². The monoisotopic (exact) mass is 233 g/mol. The molecule has 4 nitrogen and oxygen atoms in total. The Morgan fingerprint density at radius 1 is 1.47 bits per heavy atom. The summed E-state index contributed by atoms with van der Waals surface area (Å²) in [7, 11) is 0. The zero-order valence-corrected chi connectivity index (χ0v) is 10.2. The molecule has 17 heavy (non-hydrogen) atoms. The van der Waals surface area contributed by atoms with Gasteiger partial charge in [0, 0.05) is 0 Å². The summed E-state index contributed by atoms with van der Waals surface area (Å²) in [6, 6.07) is 5.77. The first-order valence-corrected chi connectivity index (χ1v) is 5.70. The number of hydrogen-bond acceptors (Lipinski definition) is 4. The first-order valence-electron chi connectivity index (χ1n) is 5.70. The van der Waals surface area contributed by atoms with Crippen LogP contribution in [0.1, 0.15) is 42.8 Å². The molecule has 0 unspecified atom stereocenters. The van der Waals surface area contributed by atoms with E-state index in [9.17, 15) is 4.79 Å². The van der Waals surface area contributed by atoms with Gasteiger partial charge in [-0.3, -0.25) is 0 Å². The van der Waals surface area contributed by atoms with Crippen LogP contribution in [0.2, 0.25) is 0 Å². The van der Waals surface area contributed by atoms with Crippen molar-refractivity contribution in [2.75, 3.05) is 6.61 Å². The van der Waals surface area contributed by atoms with Crippen LogP contribution in [0.4, 0.5) is 0 Å². The molecule has 0 saturated carbocycles. The van der Waals surface area contributed by atoms with Crippen molar-refractivity contribution in [3.8, 4) is 0 Å². The molecule has 0 bridgehead atoms. The maximum absolute atomic E-state index is 11.6. The van der Waals surface area contributed by atoms with Crippen molar-refractivity contribution in [1.82, 2.24) is 5.16 Å². The van der Waals surface area contributed by atoms with Crippen molar-refractivity contribution in [1.29, 1.82) is 0 Å². The van der Waals surface area contributed by atoms with E-state index in [0.717, 1.165) is 0 Å². The quantitative estimate of drug-likeness (QED) is 0.764. The molecule has 0 aliphatic rings. The van der Waals surface area contributed by atoms with Crippen molar-refractivity contribution in [2.45, 2.75) is 26.7 Å². The minimum atomic E-state index is -0.465. The number of ether oxygens (including phenoxy) is 1. The molecule has 1 aromatic carbocycles. The molecule has 0 N–H and O–H groups in total. The van der Waals surface area contributed by atoms with Crippen LogP contribution < -0.4 is 0 Å². The lowest BCUT2D eigenvalue weighted by Crippen LogP contribution is -2.03. The number of esters is 1. The molecule has 0 spiro atoms. The largest absolute Gasteiger partial charge is 0.460 e. The molecule has 0 saturated heterocycles. The molecule has 0 aliphatic heterocycles. The van der Waals surface area contributed by atoms with E-state index in [1.54, 1.807) is 6.92 Å². The number of carbonyl (C=O) groups excluding carboxylic acids is 1. The molecule has 4 heteroatoms. The van der Waals surface area contributed by atoms with E-state index in [1.807, 2.05) is 18.2 Å². The zero-order valence-electron chi connectivity index (χ0n) is 10.2. The lowest BCUT2D eigenvalue weighted by atomic mass is 10.0. The topological polar surface area (TPSA) is 52.3 Å². The minimum absolute atomic E-state index is 0.178. The molecule has 2 aromatic rings. The number of rotatable bonds is 3. The smallest absolute Gasteiger partial charge is 0.377 e. The van der Waals surface area contributed by atoms with Crippen molar-refractivity contribution in [3.05, 3.63) is 29.5 Å². The van der Waals surface area contributed by atoms with Crippen LogP contribution in [0.25, 0.3) is 10.9 Å². The predicted octanol–water partition coefficient (Wildman–Crippen LogP) is 3.13. The van der Waals surface area contributed by atoms with Crippen molar-refractivity contribution < 1.29 is 14.1 Å². The van der Waals surface area contributed by atoms with E-state index in [-0.39, 0.29) is 5.76 Å². The summed E-state index contributed by atoms with van der Waals surface area (Å²) in [5.74, 6) is 0.131. The average molecular weight is 233 g/mol. The SMILES string of the molecule is CCOC(=O)c1onc2cc(C(C)C)ccc12. The second-order valence-corrected chi connectivity index (χ2v) is 4.16. The summed E-state index contributed by atoms with van der Waals surface area (Å²) >= 11 is 0. The molecule has 1 aromatic heterocycles. The lowest BCUT2D eigenvalue weighted by molar-refractivity contribution is 0.0483. The van der Waals surface area contributed by atoms with Gasteiger partial charge < -0.3 is 9.26 Å². The summed E-state index contributed by atoms with van der Waals surface area (Å²) in [5.41, 5.74) is 1.86. The Morgan fingerprint density at radius 2 is 2.24 bits per heavy atom. The van der Waals surface area contributed by atoms with Crippen LogP contribution in [-0.4, -0.2) is 17.7 Å². The first kappa shape index (κ1) is 11.6. The van der Waals surface area contributed by atoms with Gasteiger partial charge in [0.15, 0.2) is 0 Å². The lowest BCUT2D eigenvalue weighted by Gasteiger charge is -2.03.